The van der Waals surface area contributed by atoms with E-state index < -0.39 is 0 Å². The lowest BCUT2D eigenvalue weighted by molar-refractivity contribution is 0.107. The average molecular weight is 291 g/mol. The second-order valence-electron chi connectivity index (χ2n) is 5.31. The van der Waals surface area contributed by atoms with Gasteiger partial charge in [-0.15, -0.1) is 0 Å². The molecule has 0 unspecified atom stereocenters. The van der Waals surface area contributed by atoms with Gasteiger partial charge in [-0.1, -0.05) is 6.92 Å². The van der Waals surface area contributed by atoms with Crippen molar-refractivity contribution in [2.24, 2.45) is 0 Å². The Hall–Kier alpha value is -1.62. The number of carbonyl (C=O) groups is 1. The molecule has 1 aromatic rings. The molecule has 0 aromatic carbocycles. The first-order chi connectivity index (χ1) is 10.3. The van der Waals surface area contributed by atoms with Crippen molar-refractivity contribution >= 4 is 6.03 Å². The van der Waals surface area contributed by atoms with Crippen molar-refractivity contribution in [3.63, 3.8) is 0 Å². The summed E-state index contributed by atoms with van der Waals surface area (Å²) in [5.41, 5.74) is 1.13. The van der Waals surface area contributed by atoms with Crippen LogP contribution in [0.2, 0.25) is 0 Å². The van der Waals surface area contributed by atoms with Gasteiger partial charge < -0.3 is 15.0 Å². The minimum absolute atomic E-state index is 0.0170. The number of hydrogen-bond donors (Lipinski definition) is 1. The third-order valence-electron chi connectivity index (χ3n) is 3.96. The van der Waals surface area contributed by atoms with Crippen LogP contribution < -0.4 is 5.32 Å². The van der Waals surface area contributed by atoms with Crippen LogP contribution in [0.15, 0.2) is 24.5 Å². The molecule has 116 valence electrons. The molecule has 1 N–H and O–H groups in total. The minimum atomic E-state index is -0.0170. The number of nitrogens with zero attached hydrogens (tertiary/aromatic N) is 2. The topological polar surface area (TPSA) is 54.5 Å². The zero-order valence-corrected chi connectivity index (χ0v) is 12.9. The van der Waals surface area contributed by atoms with Crippen LogP contribution in [-0.4, -0.2) is 41.7 Å². The maximum atomic E-state index is 12.4. The Morgan fingerprint density at radius 2 is 2.24 bits per heavy atom. The maximum absolute atomic E-state index is 12.4. The van der Waals surface area contributed by atoms with Crippen LogP contribution >= 0.6 is 0 Å². The van der Waals surface area contributed by atoms with Crippen LogP contribution in [0.4, 0.5) is 4.79 Å². The number of nitrogens with one attached hydrogen (secondary N) is 1. The summed E-state index contributed by atoms with van der Waals surface area (Å²) in [6.07, 6.45) is 6.73. The van der Waals surface area contributed by atoms with Crippen LogP contribution in [0.1, 0.15) is 44.7 Å². The van der Waals surface area contributed by atoms with Crippen molar-refractivity contribution in [1.29, 1.82) is 0 Å². The van der Waals surface area contributed by atoms with Gasteiger partial charge in [0.15, 0.2) is 0 Å². The Morgan fingerprint density at radius 3 is 2.81 bits per heavy atom. The molecule has 1 saturated heterocycles. The molecule has 1 fully saturated rings. The molecule has 0 saturated carbocycles. The molecule has 1 aliphatic rings. The van der Waals surface area contributed by atoms with Gasteiger partial charge in [-0.25, -0.2) is 4.79 Å². The number of rotatable bonds is 6. The SMILES string of the molecule is CC[C@H](c1ccncc1)N(CC)C(=O)NC[C@H]1CCCO1. The van der Waals surface area contributed by atoms with E-state index >= 15 is 0 Å². The first-order valence-corrected chi connectivity index (χ1v) is 7.82. The van der Waals surface area contributed by atoms with E-state index in [9.17, 15) is 4.79 Å². The smallest absolute Gasteiger partial charge is 0.317 e. The molecule has 2 rings (SSSR count). The van der Waals surface area contributed by atoms with Crippen molar-refractivity contribution in [3.8, 4) is 0 Å². The Bertz CT molecular complexity index is 432. The molecule has 0 aliphatic carbocycles. The largest absolute Gasteiger partial charge is 0.376 e. The summed E-state index contributed by atoms with van der Waals surface area (Å²) in [4.78, 5) is 18.4. The summed E-state index contributed by atoms with van der Waals surface area (Å²) >= 11 is 0. The van der Waals surface area contributed by atoms with Crippen LogP contribution in [-0.2, 0) is 4.74 Å². The summed E-state index contributed by atoms with van der Waals surface area (Å²) in [5.74, 6) is 0. The normalized spacial score (nSPS) is 19.2. The van der Waals surface area contributed by atoms with Crippen molar-refractivity contribution in [2.45, 2.75) is 45.3 Å². The second-order valence-corrected chi connectivity index (χ2v) is 5.31. The molecule has 1 aliphatic heterocycles. The van der Waals surface area contributed by atoms with E-state index in [2.05, 4.69) is 17.2 Å². The lowest BCUT2D eigenvalue weighted by atomic mass is 10.0. The van der Waals surface area contributed by atoms with E-state index in [0.717, 1.165) is 31.4 Å². The third kappa shape index (κ3) is 4.17. The van der Waals surface area contributed by atoms with Crippen LogP contribution in [0.25, 0.3) is 0 Å². The van der Waals surface area contributed by atoms with Crippen molar-refractivity contribution in [1.82, 2.24) is 15.2 Å². The number of amides is 2. The van der Waals surface area contributed by atoms with E-state index in [0.29, 0.717) is 13.1 Å². The first-order valence-electron chi connectivity index (χ1n) is 7.82. The molecule has 2 atom stereocenters. The van der Waals surface area contributed by atoms with Crippen molar-refractivity contribution in [2.75, 3.05) is 19.7 Å². The van der Waals surface area contributed by atoms with E-state index in [-0.39, 0.29) is 18.2 Å². The highest BCUT2D eigenvalue weighted by Gasteiger charge is 2.23. The van der Waals surface area contributed by atoms with Crippen LogP contribution in [0, 0.1) is 0 Å². The molecule has 21 heavy (non-hydrogen) atoms. The highest BCUT2D eigenvalue weighted by Crippen LogP contribution is 2.23. The second kappa shape index (κ2) is 7.98. The molecule has 5 nitrogen and oxygen atoms in total. The molecular formula is C16H25N3O2. The minimum Gasteiger partial charge on any atom is -0.376 e. The van der Waals surface area contributed by atoms with Gasteiger partial charge in [0.2, 0.25) is 0 Å². The average Bonchev–Trinajstić information content (AvgIpc) is 3.04. The Balaban J connectivity index is 1.97. The summed E-state index contributed by atoms with van der Waals surface area (Å²) in [7, 11) is 0. The summed E-state index contributed by atoms with van der Waals surface area (Å²) < 4.78 is 5.55. The number of aromatic nitrogens is 1. The Morgan fingerprint density at radius 1 is 1.48 bits per heavy atom. The molecule has 2 heterocycles. The lowest BCUT2D eigenvalue weighted by Gasteiger charge is -2.31. The standard InChI is InChI=1S/C16H25N3O2/c1-3-15(13-7-9-17-10-8-13)19(4-2)16(20)18-12-14-6-5-11-21-14/h7-10,14-15H,3-6,11-12H2,1-2H3,(H,18,20)/t14-,15-/m1/s1. The molecule has 2 amide bonds. The van der Waals surface area contributed by atoms with Crippen molar-refractivity contribution in [3.05, 3.63) is 30.1 Å². The van der Waals surface area contributed by atoms with Gasteiger partial charge in [-0.2, -0.15) is 0 Å². The molecule has 1 aromatic heterocycles. The molecule has 0 bridgehead atoms. The molecule has 0 spiro atoms. The highest BCUT2D eigenvalue weighted by atomic mass is 16.5. The number of urea groups is 1. The van der Waals surface area contributed by atoms with Gasteiger partial charge in [0.25, 0.3) is 0 Å². The summed E-state index contributed by atoms with van der Waals surface area (Å²) in [6.45, 7) is 6.20. The van der Waals surface area contributed by atoms with Crippen molar-refractivity contribution < 1.29 is 9.53 Å². The monoisotopic (exact) mass is 291 g/mol. The van der Waals surface area contributed by atoms with Crippen LogP contribution in [0.3, 0.4) is 0 Å². The van der Waals surface area contributed by atoms with E-state index in [1.807, 2.05) is 24.0 Å². The van der Waals surface area contributed by atoms with Gasteiger partial charge >= 0.3 is 6.03 Å². The summed E-state index contributed by atoms with van der Waals surface area (Å²) in [5, 5.41) is 3.01. The van der Waals surface area contributed by atoms with Gasteiger partial charge in [-0.3, -0.25) is 4.98 Å². The van der Waals surface area contributed by atoms with Gasteiger partial charge in [-0.05, 0) is 43.9 Å². The number of hydrogen-bond acceptors (Lipinski definition) is 3. The Kier molecular flexibility index (Phi) is 5.99. The van der Waals surface area contributed by atoms with Gasteiger partial charge in [0.05, 0.1) is 12.1 Å². The Labute approximate surface area is 126 Å². The molecule has 5 heteroatoms. The first kappa shape index (κ1) is 15.8. The quantitative estimate of drug-likeness (QED) is 0.877. The number of carbonyl (C=O) groups excluding carboxylic acids is 1. The molecule has 0 radical (unpaired) electrons. The highest BCUT2D eigenvalue weighted by molar-refractivity contribution is 5.74. The number of ether oxygens (including phenoxy) is 1. The van der Waals surface area contributed by atoms with E-state index in [1.165, 1.54) is 0 Å². The maximum Gasteiger partial charge on any atom is 0.317 e. The van der Waals surface area contributed by atoms with E-state index in [1.54, 1.807) is 12.4 Å². The summed E-state index contributed by atoms with van der Waals surface area (Å²) in [6, 6.07) is 4.02. The van der Waals surface area contributed by atoms with Gasteiger partial charge in [0.1, 0.15) is 0 Å². The van der Waals surface area contributed by atoms with Crippen LogP contribution in [0.5, 0.6) is 0 Å². The zero-order valence-electron chi connectivity index (χ0n) is 12.9. The number of pyridine rings is 1. The fourth-order valence-corrected chi connectivity index (χ4v) is 2.84. The van der Waals surface area contributed by atoms with E-state index in [4.69, 9.17) is 4.74 Å². The predicted octanol–water partition coefficient (Wildman–Crippen LogP) is 2.74. The molecular weight excluding hydrogens is 266 g/mol. The zero-order chi connectivity index (χ0) is 15.1. The third-order valence-corrected chi connectivity index (χ3v) is 3.96. The predicted molar refractivity (Wildman–Crippen MR) is 82.0 cm³/mol. The fraction of sp³-hybridized carbons (Fsp3) is 0.625. The lowest BCUT2D eigenvalue weighted by Crippen LogP contribution is -2.44. The fourth-order valence-electron chi connectivity index (χ4n) is 2.84. The van der Waals surface area contributed by atoms with Gasteiger partial charge in [0, 0.05) is 32.1 Å².